The van der Waals surface area contributed by atoms with Crippen LogP contribution in [0, 0.1) is 23.2 Å². The molecule has 3 nitrogen and oxygen atoms in total. The number of hydrogen-bond acceptors (Lipinski definition) is 3. The first kappa shape index (κ1) is 25.8. The highest BCUT2D eigenvalue weighted by Crippen LogP contribution is 2.74. The zero-order valence-corrected chi connectivity index (χ0v) is 24.8. The van der Waals surface area contributed by atoms with Crippen molar-refractivity contribution in [1.82, 2.24) is 0 Å². The molecule has 0 N–H and O–H groups in total. The van der Waals surface area contributed by atoms with E-state index in [0.29, 0.717) is 22.1 Å². The summed E-state index contributed by atoms with van der Waals surface area (Å²) < 4.78 is 20.3. The molecule has 32 heavy (non-hydrogen) atoms. The first-order chi connectivity index (χ1) is 14.3. The van der Waals surface area contributed by atoms with Gasteiger partial charge < -0.3 is 14.2 Å². The standard InChI is InChI=1S/C27H50O3P2/c1-18-12-13-19(14-32(21(2,3)4)22(5,6)7)20(18)27(17-31)23(8)15-25(10)29-24(27,9)16-26(11,28-23)30-25/h18-20H,12-17,31H2,1-11H3/t18?,19-,20-,23?,24?,25?,26?,27?/m1/s1. The molecule has 5 rings (SSSR count). The highest BCUT2D eigenvalue weighted by atomic mass is 31.1. The van der Waals surface area contributed by atoms with E-state index in [1.165, 1.54) is 19.0 Å². The van der Waals surface area contributed by atoms with Gasteiger partial charge in [0.1, 0.15) is 0 Å². The molecule has 1 saturated carbocycles. The van der Waals surface area contributed by atoms with Crippen molar-refractivity contribution >= 4 is 17.2 Å². The van der Waals surface area contributed by atoms with Crippen molar-refractivity contribution in [3.05, 3.63) is 0 Å². The second-order valence-electron chi connectivity index (χ2n) is 14.4. The molecular weight excluding hydrogens is 434 g/mol. The summed E-state index contributed by atoms with van der Waals surface area (Å²) in [5, 5.41) is 0.718. The molecule has 0 aromatic rings. The predicted molar refractivity (Wildman–Crippen MR) is 140 cm³/mol. The third kappa shape index (κ3) is 3.61. The van der Waals surface area contributed by atoms with Gasteiger partial charge in [-0.05, 0) is 74.5 Å². The van der Waals surface area contributed by atoms with Crippen LogP contribution in [-0.4, -0.2) is 45.4 Å². The minimum Gasteiger partial charge on any atom is -0.343 e. The molecule has 1 aliphatic carbocycles. The van der Waals surface area contributed by atoms with Gasteiger partial charge in [-0.2, -0.15) is 0 Å². The van der Waals surface area contributed by atoms with Crippen LogP contribution in [0.3, 0.4) is 0 Å². The molecular formula is C27H50O3P2. The van der Waals surface area contributed by atoms with Crippen molar-refractivity contribution in [2.75, 3.05) is 12.3 Å². The minimum absolute atomic E-state index is 0.0230. The van der Waals surface area contributed by atoms with Gasteiger partial charge in [-0.1, -0.05) is 62.8 Å². The molecule has 5 heteroatoms. The highest BCUT2D eigenvalue weighted by molar-refractivity contribution is 7.60. The largest absolute Gasteiger partial charge is 0.343 e. The van der Waals surface area contributed by atoms with Crippen LogP contribution < -0.4 is 0 Å². The summed E-state index contributed by atoms with van der Waals surface area (Å²) in [4.78, 5) is 0. The van der Waals surface area contributed by atoms with E-state index in [0.717, 1.165) is 24.9 Å². The molecule has 0 amide bonds. The van der Waals surface area contributed by atoms with Crippen LogP contribution in [0.15, 0.2) is 0 Å². The molecule has 6 unspecified atom stereocenters. The van der Waals surface area contributed by atoms with Gasteiger partial charge in [0.2, 0.25) is 0 Å². The molecule has 0 spiro atoms. The molecule has 4 heterocycles. The second-order valence-corrected chi connectivity index (χ2v) is 18.7. The molecule has 4 bridgehead atoms. The molecule has 0 aromatic carbocycles. The summed E-state index contributed by atoms with van der Waals surface area (Å²) in [6.07, 6.45) is 6.71. The van der Waals surface area contributed by atoms with Gasteiger partial charge in [0.15, 0.2) is 11.6 Å². The normalized spacial score (nSPS) is 51.1. The fourth-order valence-corrected chi connectivity index (χ4v) is 14.5. The monoisotopic (exact) mass is 484 g/mol. The van der Waals surface area contributed by atoms with E-state index in [2.05, 4.69) is 85.4 Å². The van der Waals surface area contributed by atoms with Crippen molar-refractivity contribution in [3.63, 3.8) is 0 Å². The summed E-state index contributed by atoms with van der Waals surface area (Å²) in [5.74, 6) is 0.946. The Hall–Kier alpha value is 0.740. The van der Waals surface area contributed by atoms with Crippen molar-refractivity contribution in [1.29, 1.82) is 0 Å². The average Bonchev–Trinajstić information content (AvgIpc) is 2.88. The fraction of sp³-hybridized carbons (Fsp3) is 1.00. The molecule has 5 fully saturated rings. The summed E-state index contributed by atoms with van der Waals surface area (Å²) in [5.41, 5.74) is -0.504. The molecule has 0 aromatic heterocycles. The Morgan fingerprint density at radius 3 is 1.69 bits per heavy atom. The van der Waals surface area contributed by atoms with Crippen molar-refractivity contribution < 1.29 is 14.2 Å². The van der Waals surface area contributed by atoms with Crippen LogP contribution in [0.1, 0.15) is 102 Å². The van der Waals surface area contributed by atoms with Crippen LogP contribution >= 0.6 is 17.2 Å². The van der Waals surface area contributed by atoms with Gasteiger partial charge in [-0.25, -0.2) is 0 Å². The Morgan fingerprint density at radius 1 is 0.812 bits per heavy atom. The lowest BCUT2D eigenvalue weighted by molar-refractivity contribution is -0.549. The van der Waals surface area contributed by atoms with Crippen LogP contribution in [0.25, 0.3) is 0 Å². The Balaban J connectivity index is 1.79. The number of hydrogen-bond donors (Lipinski definition) is 0. The van der Waals surface area contributed by atoms with Gasteiger partial charge in [0.05, 0.1) is 11.2 Å². The fourth-order valence-electron chi connectivity index (χ4n) is 9.41. The summed E-state index contributed by atoms with van der Waals surface area (Å²) in [6, 6.07) is 0. The molecule has 8 atom stereocenters. The second kappa shape index (κ2) is 7.38. The summed E-state index contributed by atoms with van der Waals surface area (Å²) >= 11 is 0. The minimum atomic E-state index is -0.543. The molecule has 0 radical (unpaired) electrons. The van der Waals surface area contributed by atoms with E-state index >= 15 is 0 Å². The highest BCUT2D eigenvalue weighted by Gasteiger charge is 2.79. The maximum Gasteiger partial charge on any atom is 0.172 e. The van der Waals surface area contributed by atoms with Gasteiger partial charge in [-0.3, -0.25) is 0 Å². The Bertz CT molecular complexity index is 693. The third-order valence-corrected chi connectivity index (χ3v) is 14.3. The number of ether oxygens (including phenoxy) is 3. The summed E-state index contributed by atoms with van der Waals surface area (Å²) in [7, 11) is 3.02. The van der Waals surface area contributed by atoms with E-state index in [4.69, 9.17) is 14.2 Å². The van der Waals surface area contributed by atoms with Crippen LogP contribution in [0.5, 0.6) is 0 Å². The van der Waals surface area contributed by atoms with Gasteiger partial charge in [0, 0.05) is 18.3 Å². The third-order valence-electron chi connectivity index (χ3n) is 9.56. The zero-order valence-electron chi connectivity index (χ0n) is 22.7. The van der Waals surface area contributed by atoms with E-state index in [1.54, 1.807) is 0 Å². The smallest absolute Gasteiger partial charge is 0.172 e. The quantitative estimate of drug-likeness (QED) is 0.389. The topological polar surface area (TPSA) is 27.7 Å². The maximum absolute atomic E-state index is 6.97. The van der Waals surface area contributed by atoms with Gasteiger partial charge in [-0.15, -0.1) is 9.24 Å². The van der Waals surface area contributed by atoms with E-state index < -0.39 is 11.6 Å². The Morgan fingerprint density at radius 2 is 1.28 bits per heavy atom. The average molecular weight is 485 g/mol. The molecule has 4 aliphatic heterocycles. The maximum atomic E-state index is 6.97. The molecule has 5 aliphatic rings. The van der Waals surface area contributed by atoms with Crippen molar-refractivity contribution in [3.8, 4) is 0 Å². The zero-order chi connectivity index (χ0) is 24.2. The first-order valence-corrected chi connectivity index (χ1v) is 15.3. The van der Waals surface area contributed by atoms with Crippen molar-refractivity contribution in [2.45, 2.75) is 135 Å². The molecule has 186 valence electrons. The van der Waals surface area contributed by atoms with Gasteiger partial charge >= 0.3 is 0 Å². The molecule has 4 saturated heterocycles. The van der Waals surface area contributed by atoms with E-state index in [1.807, 2.05) is 0 Å². The van der Waals surface area contributed by atoms with Crippen LogP contribution in [0.2, 0.25) is 0 Å². The lowest BCUT2D eigenvalue weighted by Gasteiger charge is -2.76. The SMILES string of the molecule is CC1CC[C@H](CP(C(C)(C)C)C(C)(C)C)[C@@H]1C1(CP)C2(C)CC3(C)OC(C)(CC1(C)O3)O2. The predicted octanol–water partition coefficient (Wildman–Crippen LogP) is 7.41. The lowest BCUT2D eigenvalue weighted by Crippen LogP contribution is -2.84. The van der Waals surface area contributed by atoms with Crippen molar-refractivity contribution in [2.24, 2.45) is 23.2 Å². The summed E-state index contributed by atoms with van der Waals surface area (Å²) in [6.45, 7) is 26.4. The van der Waals surface area contributed by atoms with E-state index in [9.17, 15) is 0 Å². The lowest BCUT2D eigenvalue weighted by atomic mass is 9.47. The first-order valence-electron chi connectivity index (χ1n) is 12.9. The Kier molecular flexibility index (Phi) is 5.96. The van der Waals surface area contributed by atoms with Crippen LogP contribution in [0.4, 0.5) is 0 Å². The Labute approximate surface area is 201 Å². The van der Waals surface area contributed by atoms with Crippen LogP contribution in [-0.2, 0) is 14.2 Å². The number of rotatable bonds is 4. The van der Waals surface area contributed by atoms with E-state index in [-0.39, 0.29) is 24.5 Å². The van der Waals surface area contributed by atoms with Gasteiger partial charge in [0.25, 0.3) is 0 Å².